The van der Waals surface area contributed by atoms with Gasteiger partial charge in [-0.2, -0.15) is 0 Å². The third-order valence-electron chi connectivity index (χ3n) is 3.24. The zero-order chi connectivity index (χ0) is 10.7. The van der Waals surface area contributed by atoms with Crippen molar-refractivity contribution >= 4 is 5.97 Å². The number of carbonyl (C=O) groups is 1. The van der Waals surface area contributed by atoms with Crippen LogP contribution in [0.25, 0.3) is 0 Å². The van der Waals surface area contributed by atoms with Gasteiger partial charge < -0.3 is 10.1 Å². The molecule has 2 rings (SSSR count). The van der Waals surface area contributed by atoms with Crippen LogP contribution in [0.4, 0.5) is 0 Å². The van der Waals surface area contributed by atoms with E-state index in [0.717, 1.165) is 13.1 Å². The zero-order valence-electron chi connectivity index (χ0n) is 9.37. The molecule has 2 fully saturated rings. The number of nitrogens with one attached hydrogen (secondary N) is 1. The second kappa shape index (κ2) is 4.94. The molecule has 1 saturated carbocycles. The van der Waals surface area contributed by atoms with E-state index >= 15 is 0 Å². The molecule has 0 radical (unpaired) electrons. The quantitative estimate of drug-likeness (QED) is 0.669. The normalized spacial score (nSPS) is 25.9. The van der Waals surface area contributed by atoms with Gasteiger partial charge in [-0.15, -0.1) is 0 Å². The first-order chi connectivity index (χ1) is 7.29. The van der Waals surface area contributed by atoms with Crippen molar-refractivity contribution in [1.82, 2.24) is 10.2 Å². The number of esters is 1. The molecule has 86 valence electrons. The standard InChI is InChI=1S/C11H20N2O2/c1-15-11(14)8-13(10-4-5-10)7-9-3-2-6-12-9/h9-10,12H,2-8H2,1H3. The topological polar surface area (TPSA) is 41.6 Å². The highest BCUT2D eigenvalue weighted by Gasteiger charge is 2.32. The fourth-order valence-electron chi connectivity index (χ4n) is 2.21. The molecular formula is C11H20N2O2. The zero-order valence-corrected chi connectivity index (χ0v) is 9.37. The van der Waals surface area contributed by atoms with Gasteiger partial charge >= 0.3 is 5.97 Å². The highest BCUT2D eigenvalue weighted by Crippen LogP contribution is 2.27. The van der Waals surface area contributed by atoms with E-state index in [0.29, 0.717) is 18.6 Å². The van der Waals surface area contributed by atoms with Crippen LogP contribution in [0.3, 0.4) is 0 Å². The number of hydrogen-bond donors (Lipinski definition) is 1. The van der Waals surface area contributed by atoms with Gasteiger partial charge in [0.15, 0.2) is 0 Å². The monoisotopic (exact) mass is 212 g/mol. The van der Waals surface area contributed by atoms with E-state index in [2.05, 4.69) is 10.2 Å². The lowest BCUT2D eigenvalue weighted by Crippen LogP contribution is -2.41. The van der Waals surface area contributed by atoms with Crippen LogP contribution in [0.5, 0.6) is 0 Å². The summed E-state index contributed by atoms with van der Waals surface area (Å²) in [5.41, 5.74) is 0. The molecule has 0 aromatic carbocycles. The molecule has 1 aliphatic heterocycles. The smallest absolute Gasteiger partial charge is 0.319 e. The van der Waals surface area contributed by atoms with Crippen molar-refractivity contribution in [3.05, 3.63) is 0 Å². The Morgan fingerprint density at radius 3 is 2.80 bits per heavy atom. The first-order valence-corrected chi connectivity index (χ1v) is 5.84. The predicted octanol–water partition coefficient (Wildman–Crippen LogP) is 0.376. The van der Waals surface area contributed by atoms with E-state index < -0.39 is 0 Å². The number of nitrogens with zero attached hydrogens (tertiary/aromatic N) is 1. The van der Waals surface area contributed by atoms with Crippen molar-refractivity contribution in [2.75, 3.05) is 26.7 Å². The molecule has 0 spiro atoms. The molecule has 2 aliphatic rings. The van der Waals surface area contributed by atoms with Crippen LogP contribution in [0.2, 0.25) is 0 Å². The van der Waals surface area contributed by atoms with Crippen LogP contribution in [-0.4, -0.2) is 49.7 Å². The summed E-state index contributed by atoms with van der Waals surface area (Å²) < 4.78 is 4.72. The van der Waals surface area contributed by atoms with Crippen molar-refractivity contribution in [2.45, 2.75) is 37.8 Å². The Balaban J connectivity index is 1.79. The first-order valence-electron chi connectivity index (χ1n) is 5.84. The highest BCUT2D eigenvalue weighted by molar-refractivity contribution is 5.71. The molecular weight excluding hydrogens is 192 g/mol. The van der Waals surface area contributed by atoms with Gasteiger partial charge in [-0.25, -0.2) is 0 Å². The van der Waals surface area contributed by atoms with Gasteiger partial charge in [0.2, 0.25) is 0 Å². The molecule has 4 nitrogen and oxygen atoms in total. The SMILES string of the molecule is COC(=O)CN(CC1CCCN1)C1CC1. The van der Waals surface area contributed by atoms with Gasteiger partial charge in [0.1, 0.15) is 0 Å². The summed E-state index contributed by atoms with van der Waals surface area (Å²) in [7, 11) is 1.46. The van der Waals surface area contributed by atoms with Crippen molar-refractivity contribution in [3.63, 3.8) is 0 Å². The lowest BCUT2D eigenvalue weighted by molar-refractivity contribution is -0.142. The molecule has 1 N–H and O–H groups in total. The molecule has 1 saturated heterocycles. The molecule has 1 aliphatic carbocycles. The molecule has 0 amide bonds. The minimum absolute atomic E-state index is 0.111. The summed E-state index contributed by atoms with van der Waals surface area (Å²) in [6.45, 7) is 2.58. The van der Waals surface area contributed by atoms with Crippen LogP contribution in [0, 0.1) is 0 Å². The van der Waals surface area contributed by atoms with Crippen LogP contribution >= 0.6 is 0 Å². The molecule has 15 heavy (non-hydrogen) atoms. The van der Waals surface area contributed by atoms with Gasteiger partial charge in [-0.05, 0) is 32.2 Å². The average molecular weight is 212 g/mol. The molecule has 1 heterocycles. The number of rotatable bonds is 5. The second-order valence-electron chi connectivity index (χ2n) is 4.53. The van der Waals surface area contributed by atoms with Crippen LogP contribution in [0.1, 0.15) is 25.7 Å². The Morgan fingerprint density at radius 1 is 1.47 bits per heavy atom. The van der Waals surface area contributed by atoms with E-state index in [1.807, 2.05) is 0 Å². The number of methoxy groups -OCH3 is 1. The summed E-state index contributed by atoms with van der Waals surface area (Å²) in [4.78, 5) is 13.5. The summed E-state index contributed by atoms with van der Waals surface area (Å²) in [6.07, 6.45) is 4.99. The second-order valence-corrected chi connectivity index (χ2v) is 4.53. The summed E-state index contributed by atoms with van der Waals surface area (Å²) in [5, 5.41) is 3.47. The fraction of sp³-hybridized carbons (Fsp3) is 0.909. The molecule has 0 bridgehead atoms. The van der Waals surface area contributed by atoms with E-state index in [1.165, 1.54) is 32.8 Å². The number of carbonyl (C=O) groups excluding carboxylic acids is 1. The third-order valence-corrected chi connectivity index (χ3v) is 3.24. The van der Waals surface area contributed by atoms with Gasteiger partial charge in [-0.3, -0.25) is 9.69 Å². The summed E-state index contributed by atoms with van der Waals surface area (Å²) >= 11 is 0. The van der Waals surface area contributed by atoms with Crippen LogP contribution in [0.15, 0.2) is 0 Å². The third kappa shape index (κ3) is 3.18. The Kier molecular flexibility index (Phi) is 3.59. The largest absolute Gasteiger partial charge is 0.468 e. The summed E-state index contributed by atoms with van der Waals surface area (Å²) in [5.74, 6) is -0.111. The molecule has 0 aromatic heterocycles. The fourth-order valence-corrected chi connectivity index (χ4v) is 2.21. The van der Waals surface area contributed by atoms with E-state index in [4.69, 9.17) is 4.74 Å². The van der Waals surface area contributed by atoms with E-state index in [-0.39, 0.29) is 5.97 Å². The molecule has 0 aromatic rings. The maximum absolute atomic E-state index is 11.2. The van der Waals surface area contributed by atoms with E-state index in [9.17, 15) is 4.79 Å². The molecule has 1 atom stereocenters. The minimum Gasteiger partial charge on any atom is -0.468 e. The lowest BCUT2D eigenvalue weighted by atomic mass is 10.2. The van der Waals surface area contributed by atoms with Gasteiger partial charge in [0.05, 0.1) is 13.7 Å². The van der Waals surface area contributed by atoms with E-state index in [1.54, 1.807) is 0 Å². The van der Waals surface area contributed by atoms with Gasteiger partial charge in [0, 0.05) is 18.6 Å². The first kappa shape index (κ1) is 10.9. The minimum atomic E-state index is -0.111. The molecule has 1 unspecified atom stereocenters. The van der Waals surface area contributed by atoms with Crippen molar-refractivity contribution in [1.29, 1.82) is 0 Å². The summed E-state index contributed by atoms with van der Waals surface area (Å²) in [6, 6.07) is 1.21. The van der Waals surface area contributed by atoms with Gasteiger partial charge in [0.25, 0.3) is 0 Å². The number of hydrogen-bond acceptors (Lipinski definition) is 4. The Hall–Kier alpha value is -0.610. The predicted molar refractivity (Wildman–Crippen MR) is 57.6 cm³/mol. The Morgan fingerprint density at radius 2 is 2.27 bits per heavy atom. The lowest BCUT2D eigenvalue weighted by Gasteiger charge is -2.24. The van der Waals surface area contributed by atoms with Crippen molar-refractivity contribution in [3.8, 4) is 0 Å². The Bertz CT molecular complexity index is 223. The van der Waals surface area contributed by atoms with Crippen LogP contribution in [-0.2, 0) is 9.53 Å². The average Bonchev–Trinajstić information content (AvgIpc) is 2.97. The molecule has 4 heteroatoms. The maximum atomic E-state index is 11.2. The maximum Gasteiger partial charge on any atom is 0.319 e. The van der Waals surface area contributed by atoms with Crippen LogP contribution < -0.4 is 5.32 Å². The number of ether oxygens (including phenoxy) is 1. The van der Waals surface area contributed by atoms with Crippen molar-refractivity contribution in [2.24, 2.45) is 0 Å². The van der Waals surface area contributed by atoms with Gasteiger partial charge in [-0.1, -0.05) is 0 Å². The highest BCUT2D eigenvalue weighted by atomic mass is 16.5. The van der Waals surface area contributed by atoms with Crippen molar-refractivity contribution < 1.29 is 9.53 Å². The Labute approximate surface area is 91.0 Å².